The zero-order valence-corrected chi connectivity index (χ0v) is 11.8. The van der Waals surface area contributed by atoms with Crippen LogP contribution in [0.3, 0.4) is 0 Å². The number of piperazine rings is 1. The fourth-order valence-corrected chi connectivity index (χ4v) is 2.63. The van der Waals surface area contributed by atoms with Gasteiger partial charge in [-0.25, -0.2) is 4.98 Å². The maximum atomic E-state index is 6.24. The van der Waals surface area contributed by atoms with Gasteiger partial charge in [0.15, 0.2) is 0 Å². The Kier molecular flexibility index (Phi) is 3.60. The summed E-state index contributed by atoms with van der Waals surface area (Å²) >= 11 is 6.24. The number of nitrogen functional groups attached to an aromatic ring is 1. The number of halogens is 1. The third-order valence-corrected chi connectivity index (χ3v) is 3.74. The highest BCUT2D eigenvalue weighted by Gasteiger charge is 2.20. The second kappa shape index (κ2) is 5.54. The molecule has 0 saturated carbocycles. The number of para-hydroxylation sites is 1. The number of hydrogen-bond donors (Lipinski definition) is 1. The molecule has 3 rings (SSSR count). The Labute approximate surface area is 123 Å². The molecule has 0 radical (unpaired) electrons. The Morgan fingerprint density at radius 1 is 1.00 bits per heavy atom. The molecule has 0 atom stereocenters. The van der Waals surface area contributed by atoms with E-state index in [1.165, 1.54) is 0 Å². The number of aromatic nitrogens is 2. The van der Waals surface area contributed by atoms with Crippen molar-refractivity contribution in [1.29, 1.82) is 0 Å². The lowest BCUT2D eigenvalue weighted by Gasteiger charge is -2.36. The molecule has 2 aromatic rings. The summed E-state index contributed by atoms with van der Waals surface area (Å²) in [5.41, 5.74) is 6.78. The van der Waals surface area contributed by atoms with Gasteiger partial charge in [-0.3, -0.25) is 0 Å². The van der Waals surface area contributed by atoms with E-state index in [2.05, 4.69) is 25.8 Å². The monoisotopic (exact) mass is 289 g/mol. The highest BCUT2D eigenvalue weighted by molar-refractivity contribution is 6.33. The summed E-state index contributed by atoms with van der Waals surface area (Å²) in [6, 6.07) is 9.63. The van der Waals surface area contributed by atoms with E-state index in [0.29, 0.717) is 11.8 Å². The second-order valence-corrected chi connectivity index (χ2v) is 5.11. The van der Waals surface area contributed by atoms with Crippen LogP contribution in [0.4, 0.5) is 17.5 Å². The fourth-order valence-electron chi connectivity index (χ4n) is 2.37. The van der Waals surface area contributed by atoms with Crippen LogP contribution in [0.15, 0.2) is 36.5 Å². The van der Waals surface area contributed by atoms with Gasteiger partial charge in [0.25, 0.3) is 0 Å². The van der Waals surface area contributed by atoms with Crippen molar-refractivity contribution in [1.82, 2.24) is 9.97 Å². The minimum absolute atomic E-state index is 0.503. The molecule has 0 bridgehead atoms. The van der Waals surface area contributed by atoms with Crippen LogP contribution in [0.5, 0.6) is 0 Å². The molecule has 1 aromatic heterocycles. The van der Waals surface area contributed by atoms with Crippen LogP contribution in [-0.2, 0) is 0 Å². The zero-order valence-electron chi connectivity index (χ0n) is 11.0. The van der Waals surface area contributed by atoms with Crippen LogP contribution >= 0.6 is 11.6 Å². The molecule has 6 heteroatoms. The lowest BCUT2D eigenvalue weighted by molar-refractivity contribution is 0.640. The molecule has 2 heterocycles. The van der Waals surface area contributed by atoms with E-state index in [1.54, 1.807) is 12.3 Å². The summed E-state index contributed by atoms with van der Waals surface area (Å²) in [4.78, 5) is 13.0. The molecule has 1 fully saturated rings. The summed E-state index contributed by atoms with van der Waals surface area (Å²) in [6.07, 6.45) is 1.69. The molecular weight excluding hydrogens is 274 g/mol. The number of hydrogen-bond acceptors (Lipinski definition) is 5. The maximum Gasteiger partial charge on any atom is 0.227 e. The molecule has 1 aliphatic rings. The van der Waals surface area contributed by atoms with Crippen LogP contribution in [0.25, 0.3) is 0 Å². The number of anilines is 3. The van der Waals surface area contributed by atoms with E-state index < -0.39 is 0 Å². The van der Waals surface area contributed by atoms with Crippen LogP contribution in [0.2, 0.25) is 5.02 Å². The maximum absolute atomic E-state index is 6.24. The molecule has 5 nitrogen and oxygen atoms in total. The lowest BCUT2D eigenvalue weighted by atomic mass is 10.2. The summed E-state index contributed by atoms with van der Waals surface area (Å²) in [5.74, 6) is 1.20. The lowest BCUT2D eigenvalue weighted by Crippen LogP contribution is -2.47. The van der Waals surface area contributed by atoms with Crippen molar-refractivity contribution < 1.29 is 0 Å². The van der Waals surface area contributed by atoms with Crippen LogP contribution < -0.4 is 15.5 Å². The van der Waals surface area contributed by atoms with Gasteiger partial charge in [0.05, 0.1) is 10.7 Å². The fraction of sp³-hybridized carbons (Fsp3) is 0.286. The Hall–Kier alpha value is -2.01. The predicted octanol–water partition coefficient (Wildman–Crippen LogP) is 2.04. The van der Waals surface area contributed by atoms with Gasteiger partial charge in [-0.05, 0) is 18.2 Å². The molecule has 2 N–H and O–H groups in total. The summed E-state index contributed by atoms with van der Waals surface area (Å²) < 4.78 is 0. The van der Waals surface area contributed by atoms with E-state index in [1.807, 2.05) is 18.2 Å². The van der Waals surface area contributed by atoms with Crippen LogP contribution in [0.1, 0.15) is 0 Å². The van der Waals surface area contributed by atoms with Crippen molar-refractivity contribution in [3.8, 4) is 0 Å². The Morgan fingerprint density at radius 3 is 2.40 bits per heavy atom. The van der Waals surface area contributed by atoms with Gasteiger partial charge in [-0.15, -0.1) is 0 Å². The molecule has 0 amide bonds. The number of benzene rings is 1. The molecule has 20 heavy (non-hydrogen) atoms. The highest BCUT2D eigenvalue weighted by atomic mass is 35.5. The second-order valence-electron chi connectivity index (χ2n) is 4.71. The first-order valence-electron chi connectivity index (χ1n) is 6.57. The average molecular weight is 290 g/mol. The number of nitrogens with two attached hydrogens (primary N) is 1. The largest absolute Gasteiger partial charge is 0.384 e. The first kappa shape index (κ1) is 13.0. The Bertz CT molecular complexity index is 596. The Balaban J connectivity index is 1.70. The molecule has 104 valence electrons. The van der Waals surface area contributed by atoms with Crippen molar-refractivity contribution in [2.75, 3.05) is 41.7 Å². The summed E-state index contributed by atoms with van der Waals surface area (Å²) in [6.45, 7) is 3.49. The number of nitrogens with zero attached hydrogens (tertiary/aromatic N) is 4. The van der Waals surface area contributed by atoms with Crippen LogP contribution in [-0.4, -0.2) is 36.1 Å². The molecule has 1 saturated heterocycles. The van der Waals surface area contributed by atoms with Crippen LogP contribution in [0, 0.1) is 0 Å². The van der Waals surface area contributed by atoms with Gasteiger partial charge in [0, 0.05) is 32.4 Å². The van der Waals surface area contributed by atoms with Crippen molar-refractivity contribution in [3.05, 3.63) is 41.6 Å². The molecule has 0 aliphatic carbocycles. The smallest absolute Gasteiger partial charge is 0.227 e. The first-order chi connectivity index (χ1) is 9.74. The van der Waals surface area contributed by atoms with Gasteiger partial charge in [0.2, 0.25) is 5.95 Å². The van der Waals surface area contributed by atoms with E-state index >= 15 is 0 Å². The molecule has 1 aromatic carbocycles. The topological polar surface area (TPSA) is 58.3 Å². The molecular formula is C14H16ClN5. The van der Waals surface area contributed by atoms with Crippen molar-refractivity contribution in [3.63, 3.8) is 0 Å². The number of rotatable bonds is 2. The van der Waals surface area contributed by atoms with E-state index in [9.17, 15) is 0 Å². The van der Waals surface area contributed by atoms with Gasteiger partial charge >= 0.3 is 0 Å². The predicted molar refractivity (Wildman–Crippen MR) is 82.3 cm³/mol. The van der Waals surface area contributed by atoms with Crippen molar-refractivity contribution >= 4 is 29.1 Å². The normalized spacial score (nSPS) is 15.4. The van der Waals surface area contributed by atoms with Gasteiger partial charge < -0.3 is 15.5 Å². The molecule has 0 spiro atoms. The zero-order chi connectivity index (χ0) is 13.9. The quantitative estimate of drug-likeness (QED) is 0.917. The molecule has 1 aliphatic heterocycles. The SMILES string of the molecule is Nc1ccnc(N2CCN(c3ccccc3Cl)CC2)n1. The Morgan fingerprint density at radius 2 is 1.70 bits per heavy atom. The third-order valence-electron chi connectivity index (χ3n) is 3.42. The highest BCUT2D eigenvalue weighted by Crippen LogP contribution is 2.26. The molecule has 0 unspecified atom stereocenters. The van der Waals surface area contributed by atoms with E-state index in [0.717, 1.165) is 36.9 Å². The van der Waals surface area contributed by atoms with Gasteiger partial charge in [0.1, 0.15) is 5.82 Å². The standard InChI is InChI=1S/C14H16ClN5/c15-11-3-1-2-4-12(11)19-7-9-20(10-8-19)14-17-6-5-13(16)18-14/h1-6H,7-10H2,(H2,16,17,18). The van der Waals surface area contributed by atoms with Crippen molar-refractivity contribution in [2.24, 2.45) is 0 Å². The average Bonchev–Trinajstić information content (AvgIpc) is 2.48. The minimum atomic E-state index is 0.503. The minimum Gasteiger partial charge on any atom is -0.384 e. The third kappa shape index (κ3) is 2.63. The first-order valence-corrected chi connectivity index (χ1v) is 6.95. The van der Waals surface area contributed by atoms with E-state index in [4.69, 9.17) is 17.3 Å². The van der Waals surface area contributed by atoms with Crippen molar-refractivity contribution in [2.45, 2.75) is 0 Å². The van der Waals surface area contributed by atoms with Gasteiger partial charge in [-0.2, -0.15) is 4.98 Å². The summed E-state index contributed by atoms with van der Waals surface area (Å²) in [5, 5.41) is 0.793. The van der Waals surface area contributed by atoms with Gasteiger partial charge in [-0.1, -0.05) is 23.7 Å². The summed E-state index contributed by atoms with van der Waals surface area (Å²) in [7, 11) is 0. The van der Waals surface area contributed by atoms with E-state index in [-0.39, 0.29) is 0 Å².